The van der Waals surface area contributed by atoms with Crippen molar-refractivity contribution < 1.29 is 29.0 Å². The van der Waals surface area contributed by atoms with Gasteiger partial charge in [-0.1, -0.05) is 245 Å². The highest BCUT2D eigenvalue weighted by molar-refractivity contribution is 7.99. The summed E-state index contributed by atoms with van der Waals surface area (Å²) in [5, 5.41) is 18.2. The molecule has 12 heteroatoms. The van der Waals surface area contributed by atoms with Crippen LogP contribution in [0.2, 0.25) is 0 Å². The van der Waals surface area contributed by atoms with E-state index in [9.17, 15) is 19.2 Å². The minimum Gasteiger partial charge on any atom is -0.481 e. The lowest BCUT2D eigenvalue weighted by Gasteiger charge is -2.18. The van der Waals surface area contributed by atoms with E-state index in [0.717, 1.165) is 50.9 Å². The maximum atomic E-state index is 13.1. The van der Waals surface area contributed by atoms with Crippen molar-refractivity contribution in [1.29, 1.82) is 0 Å². The van der Waals surface area contributed by atoms with E-state index in [1.54, 1.807) is 18.8 Å². The van der Waals surface area contributed by atoms with Gasteiger partial charge >= 0.3 is 11.9 Å². The van der Waals surface area contributed by atoms with Crippen LogP contribution in [0.5, 0.6) is 0 Å². The number of nitrogens with one attached hydrogen (secondary N) is 2. The zero-order valence-corrected chi connectivity index (χ0v) is 46.7. The standard InChI is InChI=1S/C58H111N5O6S/c1-4-6-7-8-9-10-11-13-17-23-28-33-38-44-55(64)62-54(58(68)61-50-53(63-59)49-60-3)51-70-48-41-47-69-57(67)46-40-35-30-25-20-19-22-27-32-37-43-52(5-2)42-36-31-26-21-16-14-12-15-18-24-29-34-39-45-56(65)66/h49,52,54H,4-48,50-51,59H2,1-3H3,(H,61,68)(H,62,64)(H,65,66)/t52?,54-/m0/s1. The van der Waals surface area contributed by atoms with Crippen LogP contribution in [0.4, 0.5) is 0 Å². The number of amides is 2. The van der Waals surface area contributed by atoms with E-state index in [0.29, 0.717) is 49.5 Å². The largest absolute Gasteiger partial charge is 0.481 e. The molecule has 0 aliphatic heterocycles. The molecule has 1 unspecified atom stereocenters. The van der Waals surface area contributed by atoms with Crippen molar-refractivity contribution >= 4 is 47.4 Å². The number of aliphatic imine (C=N–C) groups is 1. The predicted octanol–water partition coefficient (Wildman–Crippen LogP) is 15.4. The molecule has 410 valence electrons. The predicted molar refractivity (Wildman–Crippen MR) is 300 cm³/mol. The first kappa shape index (κ1) is 67.4. The Morgan fingerprint density at radius 1 is 0.571 bits per heavy atom. The summed E-state index contributed by atoms with van der Waals surface area (Å²) in [4.78, 5) is 52.8. The minimum absolute atomic E-state index is 0.106. The lowest BCUT2D eigenvalue weighted by Crippen LogP contribution is -2.49. The SMILES string of the molecule is CCCCCCCCCCCCCCCC(=O)N[C@@H](CSCCCOC(=O)CCCCCCCCCCCCC(CC)CCCCCCCCCCCCCCCC(=O)O)C(=O)NCC(C=NC)=NN. The number of hydrogen-bond donors (Lipinski definition) is 4. The fourth-order valence-corrected chi connectivity index (χ4v) is 10.2. The number of hydrazone groups is 1. The van der Waals surface area contributed by atoms with Crippen molar-refractivity contribution in [3.05, 3.63) is 0 Å². The Kier molecular flexibility index (Phi) is 52.1. The Morgan fingerprint density at radius 3 is 1.40 bits per heavy atom. The summed E-state index contributed by atoms with van der Waals surface area (Å²) < 4.78 is 5.50. The number of carbonyl (C=O) groups excluding carboxylic acids is 3. The van der Waals surface area contributed by atoms with Crippen molar-refractivity contribution in [3.63, 3.8) is 0 Å². The number of hydrogen-bond acceptors (Lipinski definition) is 9. The molecule has 0 aromatic carbocycles. The molecule has 0 heterocycles. The van der Waals surface area contributed by atoms with Gasteiger partial charge in [0.15, 0.2) is 0 Å². The average molecular weight is 1010 g/mol. The van der Waals surface area contributed by atoms with E-state index in [1.807, 2.05) is 0 Å². The van der Waals surface area contributed by atoms with Gasteiger partial charge in [0, 0.05) is 38.3 Å². The number of thioether (sulfide) groups is 1. The molecule has 0 radical (unpaired) electrons. The summed E-state index contributed by atoms with van der Waals surface area (Å²) in [6.07, 6.45) is 53.0. The van der Waals surface area contributed by atoms with Crippen LogP contribution in [-0.4, -0.2) is 78.5 Å². The van der Waals surface area contributed by atoms with Crippen LogP contribution in [0, 0.1) is 5.92 Å². The molecule has 0 bridgehead atoms. The fraction of sp³-hybridized carbons (Fsp3) is 0.897. The third-order valence-corrected chi connectivity index (χ3v) is 15.0. The van der Waals surface area contributed by atoms with Gasteiger partial charge in [0.25, 0.3) is 0 Å². The Bertz CT molecular complexity index is 1270. The second kappa shape index (κ2) is 54.2. The first-order chi connectivity index (χ1) is 34.3. The van der Waals surface area contributed by atoms with E-state index >= 15 is 0 Å². The van der Waals surface area contributed by atoms with E-state index in [4.69, 9.17) is 15.7 Å². The van der Waals surface area contributed by atoms with Crippen molar-refractivity contribution in [2.24, 2.45) is 21.9 Å². The molecular formula is C58H111N5O6S. The first-order valence-electron chi connectivity index (χ1n) is 29.5. The van der Waals surface area contributed by atoms with Gasteiger partial charge in [0.1, 0.15) is 6.04 Å². The van der Waals surface area contributed by atoms with Gasteiger partial charge in [0.05, 0.1) is 18.9 Å². The van der Waals surface area contributed by atoms with Gasteiger partial charge in [-0.25, -0.2) is 0 Å². The minimum atomic E-state index is -0.681. The summed E-state index contributed by atoms with van der Waals surface area (Å²) in [5.74, 6) is 6.31. The van der Waals surface area contributed by atoms with Crippen molar-refractivity contribution in [3.8, 4) is 0 Å². The van der Waals surface area contributed by atoms with E-state index in [1.165, 1.54) is 212 Å². The van der Waals surface area contributed by atoms with Crippen molar-refractivity contribution in [2.45, 2.75) is 296 Å². The van der Waals surface area contributed by atoms with Crippen LogP contribution < -0.4 is 16.5 Å². The molecule has 11 nitrogen and oxygen atoms in total. The van der Waals surface area contributed by atoms with Crippen molar-refractivity contribution in [2.75, 3.05) is 31.7 Å². The number of unbranched alkanes of at least 4 members (excludes halogenated alkanes) is 33. The lowest BCUT2D eigenvalue weighted by atomic mass is 9.92. The third-order valence-electron chi connectivity index (χ3n) is 13.9. The maximum Gasteiger partial charge on any atom is 0.305 e. The summed E-state index contributed by atoms with van der Waals surface area (Å²) in [6.45, 7) is 5.13. The van der Waals surface area contributed by atoms with E-state index < -0.39 is 12.0 Å². The number of carboxylic acid groups (broad SMARTS) is 1. The molecular weight excluding hydrogens is 895 g/mol. The molecule has 2 amide bonds. The van der Waals surface area contributed by atoms with Gasteiger partial charge in [0.2, 0.25) is 11.8 Å². The van der Waals surface area contributed by atoms with Gasteiger partial charge in [-0.05, 0) is 37.4 Å². The Morgan fingerprint density at radius 2 is 0.986 bits per heavy atom. The fourth-order valence-electron chi connectivity index (χ4n) is 9.27. The van der Waals surface area contributed by atoms with Gasteiger partial charge in [-0.3, -0.25) is 24.2 Å². The molecule has 0 fully saturated rings. The molecule has 0 saturated heterocycles. The Labute approximate surface area is 434 Å². The average Bonchev–Trinajstić information content (AvgIpc) is 3.35. The first-order valence-corrected chi connectivity index (χ1v) is 30.6. The number of esters is 1. The van der Waals surface area contributed by atoms with Crippen LogP contribution in [0.1, 0.15) is 290 Å². The van der Waals surface area contributed by atoms with Crippen LogP contribution in [0.15, 0.2) is 10.1 Å². The molecule has 70 heavy (non-hydrogen) atoms. The van der Waals surface area contributed by atoms with Crippen LogP contribution in [-0.2, 0) is 23.9 Å². The number of nitrogens with zero attached hydrogens (tertiary/aromatic N) is 2. The lowest BCUT2D eigenvalue weighted by molar-refractivity contribution is -0.143. The highest BCUT2D eigenvalue weighted by atomic mass is 32.2. The number of rotatable bonds is 55. The summed E-state index contributed by atoms with van der Waals surface area (Å²) in [6, 6.07) is -0.681. The van der Waals surface area contributed by atoms with Crippen molar-refractivity contribution in [1.82, 2.24) is 10.6 Å². The summed E-state index contributed by atoms with van der Waals surface area (Å²) in [7, 11) is 1.61. The molecule has 0 rings (SSSR count). The second-order valence-electron chi connectivity index (χ2n) is 20.4. The van der Waals surface area contributed by atoms with Gasteiger partial charge in [-0.15, -0.1) is 0 Å². The molecule has 0 spiro atoms. The van der Waals surface area contributed by atoms with Crippen LogP contribution in [0.25, 0.3) is 0 Å². The highest BCUT2D eigenvalue weighted by Gasteiger charge is 2.21. The number of carbonyl (C=O) groups is 4. The van der Waals surface area contributed by atoms with E-state index in [-0.39, 0.29) is 24.3 Å². The zero-order chi connectivity index (χ0) is 51.2. The molecule has 0 aromatic rings. The molecule has 0 saturated carbocycles. The molecule has 0 aliphatic rings. The highest BCUT2D eigenvalue weighted by Crippen LogP contribution is 2.23. The summed E-state index contributed by atoms with van der Waals surface area (Å²) in [5.41, 5.74) is 0.443. The second-order valence-corrected chi connectivity index (χ2v) is 21.5. The topological polar surface area (TPSA) is 173 Å². The number of ether oxygens (including phenoxy) is 1. The normalized spacial score (nSPS) is 12.6. The van der Waals surface area contributed by atoms with E-state index in [2.05, 4.69) is 34.6 Å². The summed E-state index contributed by atoms with van der Waals surface area (Å²) >= 11 is 1.57. The van der Waals surface area contributed by atoms with Crippen LogP contribution >= 0.6 is 11.8 Å². The monoisotopic (exact) mass is 1010 g/mol. The Hall–Kier alpha value is -2.63. The maximum absolute atomic E-state index is 13.1. The molecule has 5 N–H and O–H groups in total. The molecule has 0 aliphatic carbocycles. The number of aliphatic carboxylic acids is 1. The molecule has 2 atom stereocenters. The van der Waals surface area contributed by atoms with Crippen LogP contribution in [0.3, 0.4) is 0 Å². The smallest absolute Gasteiger partial charge is 0.305 e. The number of nitrogens with two attached hydrogens (primary N) is 1. The number of carboxylic acids is 1. The van der Waals surface area contributed by atoms with Gasteiger partial charge < -0.3 is 26.3 Å². The third kappa shape index (κ3) is 49.0. The quantitative estimate of drug-likeness (QED) is 0.0153. The zero-order valence-electron chi connectivity index (χ0n) is 45.8. The Balaban J connectivity index is 3.94. The molecule has 0 aromatic heterocycles. The van der Waals surface area contributed by atoms with Gasteiger partial charge in [-0.2, -0.15) is 16.9 Å².